The Morgan fingerprint density at radius 1 is 1.08 bits per heavy atom. The molecule has 0 spiro atoms. The largest absolute Gasteiger partial charge is 0.373 e. The maximum Gasteiger partial charge on any atom is 0.133 e. The quantitative estimate of drug-likeness (QED) is 0.812. The van der Waals surface area contributed by atoms with Crippen LogP contribution in [0, 0.1) is 6.92 Å². The van der Waals surface area contributed by atoms with Gasteiger partial charge in [0.2, 0.25) is 0 Å². The molecule has 1 aliphatic carbocycles. The highest BCUT2D eigenvalue weighted by atomic mass is 16.5. The first-order valence-corrected chi connectivity index (χ1v) is 9.60. The van der Waals surface area contributed by atoms with E-state index in [-0.39, 0.29) is 0 Å². The smallest absolute Gasteiger partial charge is 0.133 e. The number of unbranched alkanes of at least 4 members (excludes halogenated alkanes) is 1. The molecular formula is C19H32N4O. The Balaban J connectivity index is 1.43. The number of hydrogen-bond acceptors (Lipinski definition) is 5. The van der Waals surface area contributed by atoms with Gasteiger partial charge in [-0.05, 0) is 65.8 Å². The van der Waals surface area contributed by atoms with Crippen molar-refractivity contribution >= 4 is 5.82 Å². The molecule has 2 heterocycles. The zero-order valence-corrected chi connectivity index (χ0v) is 15.5. The van der Waals surface area contributed by atoms with Crippen LogP contribution in [-0.2, 0) is 17.6 Å². The van der Waals surface area contributed by atoms with Gasteiger partial charge >= 0.3 is 0 Å². The zero-order valence-electron chi connectivity index (χ0n) is 15.5. The third-order valence-electron chi connectivity index (χ3n) is 4.98. The predicted molar refractivity (Wildman–Crippen MR) is 97.6 cm³/mol. The minimum Gasteiger partial charge on any atom is -0.373 e. The number of morpholine rings is 1. The van der Waals surface area contributed by atoms with Crippen LogP contribution in [0.3, 0.4) is 0 Å². The van der Waals surface area contributed by atoms with Gasteiger partial charge in [0, 0.05) is 30.9 Å². The topological polar surface area (TPSA) is 50.3 Å². The Morgan fingerprint density at radius 2 is 1.83 bits per heavy atom. The van der Waals surface area contributed by atoms with Gasteiger partial charge in [-0.3, -0.25) is 4.90 Å². The molecule has 0 amide bonds. The van der Waals surface area contributed by atoms with Crippen molar-refractivity contribution < 1.29 is 4.74 Å². The van der Waals surface area contributed by atoms with E-state index in [1.165, 1.54) is 43.5 Å². The molecular weight excluding hydrogens is 300 g/mol. The molecule has 5 nitrogen and oxygen atoms in total. The summed E-state index contributed by atoms with van der Waals surface area (Å²) in [4.78, 5) is 11.8. The number of rotatable bonds is 6. The fourth-order valence-corrected chi connectivity index (χ4v) is 4.00. The first-order valence-electron chi connectivity index (χ1n) is 9.60. The minimum absolute atomic E-state index is 0.363. The molecule has 0 saturated carbocycles. The van der Waals surface area contributed by atoms with Crippen molar-refractivity contribution in [1.29, 1.82) is 0 Å². The van der Waals surface area contributed by atoms with E-state index in [2.05, 4.69) is 34.0 Å². The normalized spacial score (nSPS) is 24.6. The lowest BCUT2D eigenvalue weighted by molar-refractivity contribution is -0.0681. The number of aryl methyl sites for hydroxylation is 2. The van der Waals surface area contributed by atoms with E-state index in [1.54, 1.807) is 0 Å². The van der Waals surface area contributed by atoms with Gasteiger partial charge in [-0.25, -0.2) is 9.97 Å². The van der Waals surface area contributed by atoms with Crippen LogP contribution in [0.1, 0.15) is 56.6 Å². The van der Waals surface area contributed by atoms with Crippen LogP contribution < -0.4 is 5.32 Å². The molecule has 1 N–H and O–H groups in total. The molecule has 0 aromatic carbocycles. The number of ether oxygens (including phenoxy) is 1. The highest BCUT2D eigenvalue weighted by Gasteiger charge is 2.21. The van der Waals surface area contributed by atoms with Gasteiger partial charge in [0.15, 0.2) is 0 Å². The number of nitrogens with zero attached hydrogens (tertiary/aromatic N) is 3. The van der Waals surface area contributed by atoms with Crippen LogP contribution in [-0.4, -0.2) is 53.3 Å². The van der Waals surface area contributed by atoms with E-state index >= 15 is 0 Å². The second-order valence-electron chi connectivity index (χ2n) is 7.40. The summed E-state index contributed by atoms with van der Waals surface area (Å²) in [6, 6.07) is 0. The Bertz CT molecular complexity index is 538. The zero-order chi connectivity index (χ0) is 16.9. The Morgan fingerprint density at radius 3 is 2.62 bits per heavy atom. The average Bonchev–Trinajstić information content (AvgIpc) is 2.53. The minimum atomic E-state index is 0.363. The highest BCUT2D eigenvalue weighted by molar-refractivity contribution is 5.47. The molecule has 0 radical (unpaired) electrons. The molecule has 1 fully saturated rings. The van der Waals surface area contributed by atoms with Crippen LogP contribution in [0.5, 0.6) is 0 Å². The van der Waals surface area contributed by atoms with Crippen molar-refractivity contribution in [2.75, 3.05) is 31.5 Å². The Labute approximate surface area is 146 Å². The van der Waals surface area contributed by atoms with Crippen LogP contribution in [0.15, 0.2) is 0 Å². The number of hydrogen-bond donors (Lipinski definition) is 1. The molecule has 24 heavy (non-hydrogen) atoms. The molecule has 5 heteroatoms. The van der Waals surface area contributed by atoms with Gasteiger partial charge in [-0.15, -0.1) is 0 Å². The summed E-state index contributed by atoms with van der Waals surface area (Å²) in [5.74, 6) is 1.99. The van der Waals surface area contributed by atoms with Crippen molar-refractivity contribution in [1.82, 2.24) is 14.9 Å². The lowest BCUT2D eigenvalue weighted by atomic mass is 9.96. The average molecular weight is 332 g/mol. The SMILES string of the molecule is Cc1nc2c(c(NCCCCN3CC(C)OC(C)C3)n1)CCCC2. The number of aromatic nitrogens is 2. The summed E-state index contributed by atoms with van der Waals surface area (Å²) in [5.41, 5.74) is 2.63. The highest BCUT2D eigenvalue weighted by Crippen LogP contribution is 2.25. The fraction of sp³-hybridized carbons (Fsp3) is 0.789. The molecule has 1 aromatic rings. The van der Waals surface area contributed by atoms with E-state index in [0.717, 1.165) is 44.1 Å². The summed E-state index contributed by atoms with van der Waals surface area (Å²) >= 11 is 0. The van der Waals surface area contributed by atoms with Crippen LogP contribution in [0.4, 0.5) is 5.82 Å². The van der Waals surface area contributed by atoms with Gasteiger partial charge in [-0.1, -0.05) is 0 Å². The summed E-state index contributed by atoms with van der Waals surface area (Å²) in [5, 5.41) is 3.57. The van der Waals surface area contributed by atoms with Gasteiger partial charge in [0.25, 0.3) is 0 Å². The molecule has 0 bridgehead atoms. The number of fused-ring (bicyclic) bond motifs is 1. The molecule has 1 aliphatic heterocycles. The van der Waals surface area contributed by atoms with Crippen molar-refractivity contribution in [3.8, 4) is 0 Å². The second kappa shape index (κ2) is 8.26. The van der Waals surface area contributed by atoms with E-state index in [9.17, 15) is 0 Å². The van der Waals surface area contributed by atoms with Crippen molar-refractivity contribution in [3.05, 3.63) is 17.1 Å². The fourth-order valence-electron chi connectivity index (χ4n) is 4.00. The molecule has 134 valence electrons. The summed E-state index contributed by atoms with van der Waals surface area (Å²) in [6.07, 6.45) is 7.89. The van der Waals surface area contributed by atoms with Gasteiger partial charge < -0.3 is 10.1 Å². The van der Waals surface area contributed by atoms with Gasteiger partial charge in [0.05, 0.1) is 12.2 Å². The lowest BCUT2D eigenvalue weighted by Crippen LogP contribution is -2.45. The maximum atomic E-state index is 5.80. The molecule has 1 aromatic heterocycles. The Kier molecular flexibility index (Phi) is 6.06. The van der Waals surface area contributed by atoms with Crippen molar-refractivity contribution in [2.45, 2.75) is 71.5 Å². The first kappa shape index (κ1) is 17.6. The van der Waals surface area contributed by atoms with Crippen LogP contribution in [0.2, 0.25) is 0 Å². The van der Waals surface area contributed by atoms with Gasteiger partial charge in [-0.2, -0.15) is 0 Å². The Hall–Kier alpha value is -1.20. The summed E-state index contributed by atoms with van der Waals surface area (Å²) < 4.78 is 5.80. The predicted octanol–water partition coefficient (Wildman–Crippen LogP) is 2.97. The standard InChI is InChI=1S/C19H32N4O/c1-14-12-23(13-15(2)24-14)11-7-6-10-20-19-17-8-4-5-9-18(17)21-16(3)22-19/h14-15H,4-13H2,1-3H3,(H,20,21,22). The van der Waals surface area contributed by atoms with Crippen molar-refractivity contribution in [3.63, 3.8) is 0 Å². The van der Waals surface area contributed by atoms with E-state index in [4.69, 9.17) is 4.74 Å². The van der Waals surface area contributed by atoms with Crippen molar-refractivity contribution in [2.24, 2.45) is 0 Å². The molecule has 3 rings (SSSR count). The number of anilines is 1. The molecule has 2 atom stereocenters. The van der Waals surface area contributed by atoms with E-state index < -0.39 is 0 Å². The van der Waals surface area contributed by atoms with Crippen LogP contribution >= 0.6 is 0 Å². The van der Waals surface area contributed by atoms with E-state index in [0.29, 0.717) is 12.2 Å². The van der Waals surface area contributed by atoms with Gasteiger partial charge in [0.1, 0.15) is 11.6 Å². The summed E-state index contributed by atoms with van der Waals surface area (Å²) in [7, 11) is 0. The second-order valence-corrected chi connectivity index (χ2v) is 7.40. The monoisotopic (exact) mass is 332 g/mol. The van der Waals surface area contributed by atoms with E-state index in [1.807, 2.05) is 6.92 Å². The number of nitrogens with one attached hydrogen (secondary N) is 1. The lowest BCUT2D eigenvalue weighted by Gasteiger charge is -2.35. The molecule has 1 saturated heterocycles. The first-order chi connectivity index (χ1) is 11.6. The molecule has 2 aliphatic rings. The third kappa shape index (κ3) is 4.67. The summed E-state index contributed by atoms with van der Waals surface area (Å²) in [6.45, 7) is 10.6. The van der Waals surface area contributed by atoms with Crippen LogP contribution in [0.25, 0.3) is 0 Å². The third-order valence-corrected chi connectivity index (χ3v) is 4.98. The molecule has 2 unspecified atom stereocenters. The maximum absolute atomic E-state index is 5.80.